The predicted octanol–water partition coefficient (Wildman–Crippen LogP) is 10.6. The summed E-state index contributed by atoms with van der Waals surface area (Å²) >= 11 is 0. The van der Waals surface area contributed by atoms with Crippen LogP contribution in [0.2, 0.25) is 0 Å². The van der Waals surface area contributed by atoms with E-state index in [2.05, 4.69) is 168 Å². The first-order valence-corrected chi connectivity index (χ1v) is 21.6. The Kier molecular flexibility index (Phi) is 11.6. The van der Waals surface area contributed by atoms with Crippen LogP contribution in [0.25, 0.3) is 11.1 Å². The summed E-state index contributed by atoms with van der Waals surface area (Å²) in [6.45, 7) is 27.3. The molecule has 0 fully saturated rings. The molecule has 0 aliphatic heterocycles. The molecule has 278 valence electrons. The number of hydrogen-bond acceptors (Lipinski definition) is 2. The van der Waals surface area contributed by atoms with E-state index in [9.17, 15) is 0 Å². The number of ether oxygens (including phenoxy) is 2. The van der Waals surface area contributed by atoms with Crippen molar-refractivity contribution in [2.24, 2.45) is 0 Å². The second-order valence-corrected chi connectivity index (χ2v) is 19.2. The summed E-state index contributed by atoms with van der Waals surface area (Å²) in [6.07, 6.45) is 0. The average Bonchev–Trinajstić information content (AvgIpc) is 3.10. The zero-order valence-electron chi connectivity index (χ0n) is 34.8. The van der Waals surface area contributed by atoms with Crippen molar-refractivity contribution in [3.8, 4) is 22.6 Å². The Balaban J connectivity index is 1.90. The molecule has 0 spiro atoms. The molecule has 2 nitrogen and oxygen atoms in total. The smallest absolute Gasteiger partial charge is 0.125 e. The van der Waals surface area contributed by atoms with Gasteiger partial charge in [0.2, 0.25) is 0 Å². The normalized spacial score (nSPS) is 11.5. The molecule has 0 aliphatic carbocycles. The van der Waals surface area contributed by atoms with Gasteiger partial charge in [-0.1, -0.05) is 72.8 Å². The fourth-order valence-corrected chi connectivity index (χ4v) is 15.3. The van der Waals surface area contributed by atoms with Crippen molar-refractivity contribution < 1.29 is 9.47 Å². The Morgan fingerprint density at radius 3 is 0.759 bits per heavy atom. The molecule has 6 aromatic rings. The standard InChI is InChI=1S/C50H56O2P2/c1-29-19-15-20-30(2)47(29)53(48-31(3)21-16-22-32(48)4)41-27-37(9)45(51-13)39(11)43(41)44-40(12)46(52-14)38(10)28-42(44)54(49-33(5)23-17-24-34(49)6)50-35(7)25-18-26-36(50)8/h15-28H,1-14H3. The lowest BCUT2D eigenvalue weighted by molar-refractivity contribution is 0.408. The Bertz CT molecular complexity index is 2050. The van der Waals surface area contributed by atoms with E-state index in [4.69, 9.17) is 9.47 Å². The SMILES string of the molecule is COc1c(C)cc(P(c2c(C)cccc2C)c2c(C)cccc2C)c(-c2c(P(c3c(C)cccc3C)c3c(C)cccc3C)cc(C)c(OC)c2C)c1C. The van der Waals surface area contributed by atoms with E-state index in [1.54, 1.807) is 0 Å². The highest BCUT2D eigenvalue weighted by Crippen LogP contribution is 2.49. The molecule has 0 saturated carbocycles. The first-order chi connectivity index (χ1) is 25.7. The van der Waals surface area contributed by atoms with Gasteiger partial charge in [-0.15, -0.1) is 0 Å². The monoisotopic (exact) mass is 750 g/mol. The van der Waals surface area contributed by atoms with Gasteiger partial charge in [-0.2, -0.15) is 0 Å². The largest absolute Gasteiger partial charge is 0.496 e. The van der Waals surface area contributed by atoms with Crippen molar-refractivity contribution in [1.29, 1.82) is 0 Å². The van der Waals surface area contributed by atoms with Crippen LogP contribution in [0.4, 0.5) is 0 Å². The molecule has 0 amide bonds. The van der Waals surface area contributed by atoms with E-state index in [0.29, 0.717) is 0 Å². The summed E-state index contributed by atoms with van der Waals surface area (Å²) < 4.78 is 12.7. The molecular weight excluding hydrogens is 694 g/mol. The highest BCUT2D eigenvalue weighted by molar-refractivity contribution is 7.81. The van der Waals surface area contributed by atoms with Crippen LogP contribution in [0, 0.1) is 83.1 Å². The van der Waals surface area contributed by atoms with Gasteiger partial charge in [-0.25, -0.2) is 0 Å². The van der Waals surface area contributed by atoms with Crippen molar-refractivity contribution >= 4 is 47.7 Å². The van der Waals surface area contributed by atoms with E-state index in [0.717, 1.165) is 22.6 Å². The van der Waals surface area contributed by atoms with Gasteiger partial charge in [-0.05, 0) is 221 Å². The second kappa shape index (κ2) is 15.9. The minimum absolute atomic E-state index is 0.945. The fourth-order valence-electron chi connectivity index (χ4n) is 8.84. The lowest BCUT2D eigenvalue weighted by Crippen LogP contribution is -2.32. The lowest BCUT2D eigenvalue weighted by atomic mass is 9.92. The van der Waals surface area contributed by atoms with Crippen LogP contribution in [-0.4, -0.2) is 14.2 Å². The molecule has 6 rings (SSSR count). The molecule has 0 unspecified atom stereocenters. The molecule has 0 bridgehead atoms. The van der Waals surface area contributed by atoms with Crippen molar-refractivity contribution in [2.45, 2.75) is 83.1 Å². The first kappa shape index (κ1) is 39.5. The maximum atomic E-state index is 6.33. The van der Waals surface area contributed by atoms with Crippen LogP contribution >= 0.6 is 15.8 Å². The number of benzene rings is 6. The summed E-state index contributed by atoms with van der Waals surface area (Å²) in [4.78, 5) is 0. The topological polar surface area (TPSA) is 18.5 Å². The summed E-state index contributed by atoms with van der Waals surface area (Å²) in [6, 6.07) is 32.1. The van der Waals surface area contributed by atoms with Gasteiger partial charge in [0.1, 0.15) is 11.5 Å². The third kappa shape index (κ3) is 6.82. The van der Waals surface area contributed by atoms with E-state index < -0.39 is 15.8 Å². The lowest BCUT2D eigenvalue weighted by Gasteiger charge is -2.34. The Labute approximate surface area is 327 Å². The first-order valence-electron chi connectivity index (χ1n) is 18.9. The molecule has 0 aromatic heterocycles. The zero-order valence-corrected chi connectivity index (χ0v) is 36.6. The Morgan fingerprint density at radius 1 is 0.333 bits per heavy atom. The van der Waals surface area contributed by atoms with Crippen molar-refractivity contribution in [3.63, 3.8) is 0 Å². The number of rotatable bonds is 9. The summed E-state index contributed by atoms with van der Waals surface area (Å²) in [5.41, 5.74) is 17.8. The Hall–Kier alpha value is -4.22. The Morgan fingerprint density at radius 2 is 0.556 bits per heavy atom. The molecule has 54 heavy (non-hydrogen) atoms. The maximum absolute atomic E-state index is 6.33. The van der Waals surface area contributed by atoms with Crippen LogP contribution in [0.1, 0.15) is 66.8 Å². The number of methoxy groups -OCH3 is 2. The molecular formula is C50H56O2P2. The van der Waals surface area contributed by atoms with Gasteiger partial charge >= 0.3 is 0 Å². The van der Waals surface area contributed by atoms with E-state index in [1.165, 1.54) is 98.6 Å². The average molecular weight is 751 g/mol. The van der Waals surface area contributed by atoms with Crippen molar-refractivity contribution in [1.82, 2.24) is 0 Å². The van der Waals surface area contributed by atoms with Crippen LogP contribution < -0.4 is 41.3 Å². The minimum Gasteiger partial charge on any atom is -0.496 e. The molecule has 0 atom stereocenters. The van der Waals surface area contributed by atoms with Crippen LogP contribution in [0.5, 0.6) is 11.5 Å². The summed E-state index contributed by atoms with van der Waals surface area (Å²) in [5, 5.41) is 8.45. The fraction of sp³-hybridized carbons (Fsp3) is 0.280. The maximum Gasteiger partial charge on any atom is 0.125 e. The van der Waals surface area contributed by atoms with Gasteiger partial charge in [0.15, 0.2) is 0 Å². The third-order valence-electron chi connectivity index (χ3n) is 11.2. The van der Waals surface area contributed by atoms with E-state index >= 15 is 0 Å². The van der Waals surface area contributed by atoms with Gasteiger partial charge in [0.05, 0.1) is 14.2 Å². The molecule has 0 radical (unpaired) electrons. The van der Waals surface area contributed by atoms with Crippen molar-refractivity contribution in [3.05, 3.63) is 152 Å². The predicted molar refractivity (Wildman–Crippen MR) is 239 cm³/mol. The van der Waals surface area contributed by atoms with Crippen molar-refractivity contribution in [2.75, 3.05) is 14.2 Å². The third-order valence-corrected chi connectivity index (χ3v) is 17.4. The molecule has 0 heterocycles. The van der Waals surface area contributed by atoms with E-state index in [1.807, 2.05) is 14.2 Å². The minimum atomic E-state index is -1.01. The van der Waals surface area contributed by atoms with E-state index in [-0.39, 0.29) is 0 Å². The number of hydrogen-bond donors (Lipinski definition) is 0. The number of aryl methyl sites for hydroxylation is 10. The molecule has 4 heteroatoms. The summed E-state index contributed by atoms with van der Waals surface area (Å²) in [5.74, 6) is 1.89. The van der Waals surface area contributed by atoms with Crippen LogP contribution in [0.3, 0.4) is 0 Å². The second-order valence-electron chi connectivity index (χ2n) is 15.1. The molecule has 0 saturated heterocycles. The van der Waals surface area contributed by atoms with Gasteiger partial charge in [-0.3, -0.25) is 0 Å². The molecule has 0 N–H and O–H groups in total. The van der Waals surface area contributed by atoms with Crippen LogP contribution in [0.15, 0.2) is 84.9 Å². The summed E-state index contributed by atoms with van der Waals surface area (Å²) in [7, 11) is 1.62. The van der Waals surface area contributed by atoms with Gasteiger partial charge < -0.3 is 9.47 Å². The molecule has 6 aromatic carbocycles. The molecule has 0 aliphatic rings. The van der Waals surface area contributed by atoms with Crippen LogP contribution in [-0.2, 0) is 0 Å². The van der Waals surface area contributed by atoms with Gasteiger partial charge in [0, 0.05) is 0 Å². The zero-order chi connectivity index (χ0) is 39.2. The highest BCUT2D eigenvalue weighted by Gasteiger charge is 2.34. The van der Waals surface area contributed by atoms with Gasteiger partial charge in [0.25, 0.3) is 0 Å². The quantitative estimate of drug-likeness (QED) is 0.137. The highest BCUT2D eigenvalue weighted by atomic mass is 31.1.